The van der Waals surface area contributed by atoms with E-state index >= 15 is 0 Å². The maximum absolute atomic E-state index is 13.8. The molecule has 0 atom stereocenters. The minimum absolute atomic E-state index is 0.204. The Morgan fingerprint density at radius 2 is 2.00 bits per heavy atom. The lowest BCUT2D eigenvalue weighted by Gasteiger charge is -2.10. The number of hydrogen-bond donors (Lipinski definition) is 0. The van der Waals surface area contributed by atoms with Crippen LogP contribution in [0.15, 0.2) is 33.5 Å². The molecule has 3 nitrogen and oxygen atoms in total. The van der Waals surface area contributed by atoms with E-state index in [-0.39, 0.29) is 11.2 Å². The molecule has 1 fully saturated rings. The Kier molecular flexibility index (Phi) is 2.66. The van der Waals surface area contributed by atoms with E-state index in [4.69, 9.17) is 0 Å². The zero-order valence-electron chi connectivity index (χ0n) is 9.86. The van der Waals surface area contributed by atoms with Crippen molar-refractivity contribution in [3.8, 4) is 5.69 Å². The summed E-state index contributed by atoms with van der Waals surface area (Å²) in [6, 6.07) is 6.31. The predicted octanol–water partition coefficient (Wildman–Crippen LogP) is 2.96. The number of halogens is 2. The van der Waals surface area contributed by atoms with Gasteiger partial charge in [-0.1, -0.05) is 12.1 Å². The summed E-state index contributed by atoms with van der Waals surface area (Å²) in [5.41, 5.74) is 1.05. The van der Waals surface area contributed by atoms with Crippen LogP contribution in [0, 0.1) is 5.82 Å². The maximum Gasteiger partial charge on any atom is 0.286 e. The second-order valence-electron chi connectivity index (χ2n) is 4.57. The highest BCUT2D eigenvalue weighted by atomic mass is 79.9. The Balaban J connectivity index is 2.28. The van der Waals surface area contributed by atoms with Gasteiger partial charge in [0.1, 0.15) is 16.0 Å². The van der Waals surface area contributed by atoms with Gasteiger partial charge in [-0.25, -0.2) is 9.07 Å². The van der Waals surface area contributed by atoms with Crippen LogP contribution in [0.25, 0.3) is 5.69 Å². The van der Waals surface area contributed by atoms with E-state index in [9.17, 15) is 9.18 Å². The molecule has 0 aliphatic heterocycles. The third-order valence-electron chi connectivity index (χ3n) is 3.30. The Bertz CT molecular complexity index is 670. The van der Waals surface area contributed by atoms with Gasteiger partial charge in [0.15, 0.2) is 0 Å². The summed E-state index contributed by atoms with van der Waals surface area (Å²) >= 11 is 3.34. The maximum atomic E-state index is 13.8. The van der Waals surface area contributed by atoms with Gasteiger partial charge in [-0.05, 0) is 40.9 Å². The smallest absolute Gasteiger partial charge is 0.284 e. The van der Waals surface area contributed by atoms with Gasteiger partial charge in [-0.15, -0.1) is 0 Å². The van der Waals surface area contributed by atoms with Gasteiger partial charge in [0, 0.05) is 13.0 Å². The highest BCUT2D eigenvalue weighted by Gasteiger charge is 2.32. The Morgan fingerprint density at radius 1 is 1.33 bits per heavy atom. The Hall–Kier alpha value is -1.36. The quantitative estimate of drug-likeness (QED) is 0.838. The molecule has 0 bridgehead atoms. The summed E-state index contributed by atoms with van der Waals surface area (Å²) in [5.74, 6) is 0.0279. The minimum atomic E-state index is -0.393. The molecule has 18 heavy (non-hydrogen) atoms. The predicted molar refractivity (Wildman–Crippen MR) is 70.6 cm³/mol. The van der Waals surface area contributed by atoms with E-state index in [1.807, 2.05) is 0 Å². The van der Waals surface area contributed by atoms with Crippen molar-refractivity contribution in [1.82, 2.24) is 9.36 Å². The zero-order valence-corrected chi connectivity index (χ0v) is 11.4. The Morgan fingerprint density at radius 3 is 2.61 bits per heavy atom. The first kappa shape index (κ1) is 11.7. The minimum Gasteiger partial charge on any atom is -0.284 e. The molecular formula is C13H12BrFN2O. The van der Waals surface area contributed by atoms with Crippen molar-refractivity contribution >= 4 is 15.9 Å². The van der Waals surface area contributed by atoms with Gasteiger partial charge in [0.25, 0.3) is 5.56 Å². The van der Waals surface area contributed by atoms with E-state index < -0.39 is 5.82 Å². The SMILES string of the molecule is Cn1c(C2CC2)c(Br)c(=O)n1-c1ccccc1F. The fourth-order valence-corrected chi connectivity index (χ4v) is 3.03. The number of rotatable bonds is 2. The molecular weight excluding hydrogens is 299 g/mol. The van der Waals surface area contributed by atoms with Crippen molar-refractivity contribution in [2.45, 2.75) is 18.8 Å². The van der Waals surface area contributed by atoms with Crippen LogP contribution in [-0.4, -0.2) is 9.36 Å². The molecule has 1 heterocycles. The molecule has 1 aliphatic rings. The second kappa shape index (κ2) is 4.09. The molecule has 1 aromatic carbocycles. The molecule has 0 spiro atoms. The van der Waals surface area contributed by atoms with Crippen LogP contribution in [0.3, 0.4) is 0 Å². The summed E-state index contributed by atoms with van der Waals surface area (Å²) in [5, 5.41) is 0. The number of benzene rings is 1. The first-order valence-corrected chi connectivity index (χ1v) is 6.63. The summed E-state index contributed by atoms with van der Waals surface area (Å²) in [6.45, 7) is 0. The average molecular weight is 311 g/mol. The molecule has 0 N–H and O–H groups in total. The molecule has 0 radical (unpaired) electrons. The molecule has 3 rings (SSSR count). The lowest BCUT2D eigenvalue weighted by molar-refractivity contribution is 0.564. The molecule has 94 valence electrons. The first-order valence-electron chi connectivity index (χ1n) is 5.83. The molecule has 2 aromatic rings. The van der Waals surface area contributed by atoms with Crippen LogP contribution in [-0.2, 0) is 7.05 Å². The topological polar surface area (TPSA) is 26.9 Å². The summed E-state index contributed by atoms with van der Waals surface area (Å²) in [7, 11) is 1.80. The van der Waals surface area contributed by atoms with Gasteiger partial charge in [-0.2, -0.15) is 0 Å². The second-order valence-corrected chi connectivity index (χ2v) is 5.36. The molecule has 0 amide bonds. The molecule has 1 aliphatic carbocycles. The first-order chi connectivity index (χ1) is 8.61. The number of nitrogens with zero attached hydrogens (tertiary/aromatic N) is 2. The lowest BCUT2D eigenvalue weighted by atomic mass is 10.3. The van der Waals surface area contributed by atoms with Gasteiger partial charge >= 0.3 is 0 Å². The van der Waals surface area contributed by atoms with Crippen molar-refractivity contribution in [3.63, 3.8) is 0 Å². The molecule has 0 unspecified atom stereocenters. The van der Waals surface area contributed by atoms with E-state index in [1.165, 1.54) is 10.7 Å². The Labute approximate surface area is 112 Å². The summed E-state index contributed by atoms with van der Waals surface area (Å²) in [6.07, 6.45) is 2.18. The normalized spacial score (nSPS) is 15.1. The fourth-order valence-electron chi connectivity index (χ4n) is 2.28. The highest BCUT2D eigenvalue weighted by Crippen LogP contribution is 2.42. The van der Waals surface area contributed by atoms with Crippen molar-refractivity contribution < 1.29 is 4.39 Å². The molecule has 1 saturated carbocycles. The van der Waals surface area contributed by atoms with Gasteiger partial charge in [0.05, 0.1) is 5.69 Å². The number of aromatic nitrogens is 2. The lowest BCUT2D eigenvalue weighted by Crippen LogP contribution is -2.21. The molecule has 1 aromatic heterocycles. The van der Waals surface area contributed by atoms with Crippen molar-refractivity contribution in [3.05, 3.63) is 50.6 Å². The van der Waals surface area contributed by atoms with Crippen LogP contribution in [0.5, 0.6) is 0 Å². The van der Waals surface area contributed by atoms with Crippen LogP contribution in [0.4, 0.5) is 4.39 Å². The van der Waals surface area contributed by atoms with Crippen molar-refractivity contribution in [2.75, 3.05) is 0 Å². The van der Waals surface area contributed by atoms with Gasteiger partial charge in [-0.3, -0.25) is 9.48 Å². The molecule has 5 heteroatoms. The standard InChI is InChI=1S/C13H12BrFN2O/c1-16-12(8-6-7-8)11(14)13(18)17(16)10-5-3-2-4-9(10)15/h2-5,8H,6-7H2,1H3. The summed E-state index contributed by atoms with van der Waals surface area (Å²) < 4.78 is 17.5. The number of hydrogen-bond acceptors (Lipinski definition) is 1. The number of para-hydroxylation sites is 1. The van der Waals surface area contributed by atoms with E-state index in [1.54, 1.807) is 29.9 Å². The fraction of sp³-hybridized carbons (Fsp3) is 0.308. The monoisotopic (exact) mass is 310 g/mol. The van der Waals surface area contributed by atoms with E-state index in [0.29, 0.717) is 10.4 Å². The zero-order chi connectivity index (χ0) is 12.9. The van der Waals surface area contributed by atoms with Crippen LogP contribution < -0.4 is 5.56 Å². The van der Waals surface area contributed by atoms with Crippen LogP contribution in [0.2, 0.25) is 0 Å². The van der Waals surface area contributed by atoms with Crippen molar-refractivity contribution in [1.29, 1.82) is 0 Å². The average Bonchev–Trinajstić information content (AvgIpc) is 3.13. The van der Waals surface area contributed by atoms with Gasteiger partial charge in [0.2, 0.25) is 0 Å². The van der Waals surface area contributed by atoms with Crippen LogP contribution >= 0.6 is 15.9 Å². The van der Waals surface area contributed by atoms with E-state index in [2.05, 4.69) is 15.9 Å². The largest absolute Gasteiger partial charge is 0.286 e. The van der Waals surface area contributed by atoms with Gasteiger partial charge < -0.3 is 0 Å². The van der Waals surface area contributed by atoms with E-state index in [0.717, 1.165) is 18.5 Å². The molecule has 0 saturated heterocycles. The third-order valence-corrected chi connectivity index (χ3v) is 4.04. The highest BCUT2D eigenvalue weighted by molar-refractivity contribution is 9.10. The third kappa shape index (κ3) is 1.65. The van der Waals surface area contributed by atoms with Crippen molar-refractivity contribution in [2.24, 2.45) is 7.05 Å². The van der Waals surface area contributed by atoms with Crippen LogP contribution in [0.1, 0.15) is 24.5 Å². The summed E-state index contributed by atoms with van der Waals surface area (Å²) in [4.78, 5) is 12.2.